The molecule has 4 nitrogen and oxygen atoms in total. The van der Waals surface area contributed by atoms with E-state index >= 15 is 0 Å². The van der Waals surface area contributed by atoms with Crippen LogP contribution in [0.2, 0.25) is 0 Å². The third kappa shape index (κ3) is 3.19. The number of hydrogen-bond donors (Lipinski definition) is 1. The average molecular weight is 237 g/mol. The van der Waals surface area contributed by atoms with Gasteiger partial charge in [-0.3, -0.25) is 4.79 Å². The Hall–Kier alpha value is -1.58. The number of nitrogens with zero attached hydrogens (tertiary/aromatic N) is 1. The molecule has 0 radical (unpaired) electrons. The zero-order valence-corrected chi connectivity index (χ0v) is 10.7. The first-order valence-corrected chi connectivity index (χ1v) is 5.81. The Labute approximate surface area is 101 Å². The minimum absolute atomic E-state index is 0.0408. The van der Waals surface area contributed by atoms with Gasteiger partial charge in [0.05, 0.1) is 5.56 Å². The predicted molar refractivity (Wildman–Crippen MR) is 66.6 cm³/mol. The van der Waals surface area contributed by atoms with Crippen LogP contribution in [-0.2, 0) is 6.42 Å². The normalized spacial score (nSPS) is 11.2. The van der Waals surface area contributed by atoms with E-state index < -0.39 is 5.97 Å². The Kier molecular flexibility index (Phi) is 4.10. The monoisotopic (exact) mass is 237 g/mol. The maximum atomic E-state index is 11.9. The molecule has 4 heteroatoms. The summed E-state index contributed by atoms with van der Waals surface area (Å²) >= 11 is 0. The molecule has 0 aliphatic heterocycles. The van der Waals surface area contributed by atoms with Crippen molar-refractivity contribution in [2.75, 3.05) is 0 Å². The summed E-state index contributed by atoms with van der Waals surface area (Å²) in [6, 6.07) is 2.83. The molecule has 1 heterocycles. The molecule has 94 valence electrons. The second-order valence-electron chi connectivity index (χ2n) is 4.94. The van der Waals surface area contributed by atoms with Crippen molar-refractivity contribution in [3.63, 3.8) is 0 Å². The molecule has 0 saturated carbocycles. The van der Waals surface area contributed by atoms with Crippen molar-refractivity contribution in [2.24, 2.45) is 5.92 Å². The van der Waals surface area contributed by atoms with E-state index in [-0.39, 0.29) is 17.2 Å². The zero-order chi connectivity index (χ0) is 13.2. The van der Waals surface area contributed by atoms with Crippen LogP contribution in [0.5, 0.6) is 0 Å². The minimum atomic E-state index is -1.05. The Morgan fingerprint density at radius 3 is 2.29 bits per heavy atom. The summed E-state index contributed by atoms with van der Waals surface area (Å²) < 4.78 is 1.66. The Balaban J connectivity index is 3.39. The molecule has 1 rings (SSSR count). The largest absolute Gasteiger partial charge is 0.478 e. The van der Waals surface area contributed by atoms with Gasteiger partial charge >= 0.3 is 5.97 Å². The van der Waals surface area contributed by atoms with Crippen molar-refractivity contribution in [3.05, 3.63) is 33.7 Å². The number of rotatable bonds is 4. The van der Waals surface area contributed by atoms with Crippen molar-refractivity contribution in [1.29, 1.82) is 0 Å². The number of carbonyl (C=O) groups is 1. The van der Waals surface area contributed by atoms with E-state index in [1.165, 1.54) is 6.07 Å². The second-order valence-corrected chi connectivity index (χ2v) is 4.94. The third-order valence-electron chi connectivity index (χ3n) is 2.53. The van der Waals surface area contributed by atoms with Crippen molar-refractivity contribution >= 4 is 5.97 Å². The molecule has 1 aromatic rings. The fraction of sp³-hybridized carbons (Fsp3) is 0.538. The molecule has 0 aromatic carbocycles. The topological polar surface area (TPSA) is 59.3 Å². The highest BCUT2D eigenvalue weighted by Crippen LogP contribution is 2.13. The van der Waals surface area contributed by atoms with Crippen LogP contribution in [0.15, 0.2) is 16.9 Å². The van der Waals surface area contributed by atoms with Crippen LogP contribution in [0.3, 0.4) is 0 Å². The molecule has 17 heavy (non-hydrogen) atoms. The summed E-state index contributed by atoms with van der Waals surface area (Å²) in [6.07, 6.45) is 0.703. The molecule has 1 N–H and O–H groups in total. The maximum Gasteiger partial charge on any atom is 0.335 e. The molecule has 0 aliphatic rings. The van der Waals surface area contributed by atoms with E-state index in [1.54, 1.807) is 10.6 Å². The highest BCUT2D eigenvalue weighted by atomic mass is 16.4. The average Bonchev–Trinajstić information content (AvgIpc) is 2.14. The van der Waals surface area contributed by atoms with Gasteiger partial charge < -0.3 is 9.67 Å². The summed E-state index contributed by atoms with van der Waals surface area (Å²) in [7, 11) is 0. The van der Waals surface area contributed by atoms with E-state index in [2.05, 4.69) is 0 Å². The van der Waals surface area contributed by atoms with Crippen molar-refractivity contribution in [1.82, 2.24) is 4.57 Å². The first-order chi connectivity index (χ1) is 7.82. The highest BCUT2D eigenvalue weighted by Gasteiger charge is 2.13. The minimum Gasteiger partial charge on any atom is -0.478 e. The molecule has 0 saturated heterocycles. The maximum absolute atomic E-state index is 11.9. The van der Waals surface area contributed by atoms with Gasteiger partial charge in [0.15, 0.2) is 0 Å². The van der Waals surface area contributed by atoms with Crippen LogP contribution < -0.4 is 5.56 Å². The first-order valence-electron chi connectivity index (χ1n) is 5.81. The van der Waals surface area contributed by atoms with Gasteiger partial charge in [-0.05, 0) is 32.3 Å². The molecule has 0 fully saturated rings. The summed E-state index contributed by atoms with van der Waals surface area (Å²) in [5, 5.41) is 8.95. The lowest BCUT2D eigenvalue weighted by molar-refractivity contribution is 0.0696. The Morgan fingerprint density at radius 2 is 1.88 bits per heavy atom. The van der Waals surface area contributed by atoms with Crippen molar-refractivity contribution in [3.8, 4) is 0 Å². The molecule has 0 amide bonds. The Bertz CT molecular complexity index is 472. The summed E-state index contributed by atoms with van der Waals surface area (Å²) in [4.78, 5) is 22.8. The van der Waals surface area contributed by atoms with Crippen molar-refractivity contribution < 1.29 is 9.90 Å². The fourth-order valence-electron chi connectivity index (χ4n) is 1.92. The number of aromatic nitrogens is 1. The van der Waals surface area contributed by atoms with Gasteiger partial charge in [0.2, 0.25) is 0 Å². The molecule has 0 bridgehead atoms. The Morgan fingerprint density at radius 1 is 1.29 bits per heavy atom. The molecular weight excluding hydrogens is 218 g/mol. The van der Waals surface area contributed by atoms with Crippen LogP contribution in [0.25, 0.3) is 0 Å². The standard InChI is InChI=1S/C13H19NO3/c1-8(2)5-11-6-10(13(16)17)7-12(15)14(11)9(3)4/h6-9H,5H2,1-4H3,(H,16,17). The van der Waals surface area contributed by atoms with Gasteiger partial charge in [-0.25, -0.2) is 4.79 Å². The first kappa shape index (κ1) is 13.5. The summed E-state index contributed by atoms with van der Waals surface area (Å²) in [6.45, 7) is 7.93. The smallest absolute Gasteiger partial charge is 0.335 e. The molecule has 0 spiro atoms. The van der Waals surface area contributed by atoms with Crippen LogP contribution in [0.4, 0.5) is 0 Å². The van der Waals surface area contributed by atoms with Crippen LogP contribution in [0.1, 0.15) is 49.8 Å². The highest BCUT2D eigenvalue weighted by molar-refractivity contribution is 5.87. The fourth-order valence-corrected chi connectivity index (χ4v) is 1.92. The van der Waals surface area contributed by atoms with E-state index in [0.717, 1.165) is 5.69 Å². The lowest BCUT2D eigenvalue weighted by Gasteiger charge is -2.18. The van der Waals surface area contributed by atoms with E-state index in [9.17, 15) is 9.59 Å². The number of hydrogen-bond acceptors (Lipinski definition) is 2. The zero-order valence-electron chi connectivity index (χ0n) is 10.7. The van der Waals surface area contributed by atoms with E-state index in [1.807, 2.05) is 27.7 Å². The van der Waals surface area contributed by atoms with Gasteiger partial charge in [0, 0.05) is 17.8 Å². The SMILES string of the molecule is CC(C)Cc1cc(C(=O)O)cc(=O)n1C(C)C. The molecule has 0 aliphatic carbocycles. The number of carboxylic acids is 1. The van der Waals surface area contributed by atoms with Crippen LogP contribution in [0, 0.1) is 5.92 Å². The molecule has 0 unspecified atom stereocenters. The van der Waals surface area contributed by atoms with Gasteiger partial charge in [-0.1, -0.05) is 13.8 Å². The van der Waals surface area contributed by atoms with E-state index in [4.69, 9.17) is 5.11 Å². The number of pyridine rings is 1. The summed E-state index contributed by atoms with van der Waals surface area (Å²) in [5.41, 5.74) is 0.623. The predicted octanol–water partition coefficient (Wildman–Crippen LogP) is 2.33. The third-order valence-corrected chi connectivity index (χ3v) is 2.53. The summed E-state index contributed by atoms with van der Waals surface area (Å²) in [5.74, 6) is -0.675. The van der Waals surface area contributed by atoms with Crippen molar-refractivity contribution in [2.45, 2.75) is 40.2 Å². The number of carboxylic acid groups (broad SMARTS) is 1. The van der Waals surface area contributed by atoms with Gasteiger partial charge in [0.1, 0.15) is 0 Å². The molecular formula is C13H19NO3. The van der Waals surface area contributed by atoms with Crippen LogP contribution in [-0.4, -0.2) is 15.6 Å². The molecule has 0 atom stereocenters. The van der Waals surface area contributed by atoms with E-state index in [0.29, 0.717) is 12.3 Å². The second kappa shape index (κ2) is 5.17. The quantitative estimate of drug-likeness (QED) is 0.874. The van der Waals surface area contributed by atoms with Crippen LogP contribution >= 0.6 is 0 Å². The lowest BCUT2D eigenvalue weighted by Crippen LogP contribution is -2.27. The van der Waals surface area contributed by atoms with Gasteiger partial charge in [-0.2, -0.15) is 0 Å². The lowest BCUT2D eigenvalue weighted by atomic mass is 10.0. The van der Waals surface area contributed by atoms with Gasteiger partial charge in [0.25, 0.3) is 5.56 Å². The van der Waals surface area contributed by atoms with Gasteiger partial charge in [-0.15, -0.1) is 0 Å². The number of aromatic carboxylic acids is 1. The molecule has 1 aromatic heterocycles.